The molecule has 2 N–H and O–H groups in total. The minimum absolute atomic E-state index is 0.416. The molecule has 2 unspecified atom stereocenters. The van der Waals surface area contributed by atoms with Gasteiger partial charge in [0.2, 0.25) is 0 Å². The second-order valence-corrected chi connectivity index (χ2v) is 6.33. The van der Waals surface area contributed by atoms with Crippen molar-refractivity contribution in [2.24, 2.45) is 11.8 Å². The molecule has 1 heterocycles. The fraction of sp³-hybridized carbons (Fsp3) is 0.625. The summed E-state index contributed by atoms with van der Waals surface area (Å²) in [6.07, 6.45) is 2.64. The average Bonchev–Trinajstić information content (AvgIpc) is 2.42. The van der Waals surface area contributed by atoms with Crippen LogP contribution < -0.4 is 10.6 Å². The second kappa shape index (κ2) is 7.28. The van der Waals surface area contributed by atoms with Crippen LogP contribution in [0.5, 0.6) is 0 Å². The Morgan fingerprint density at radius 2 is 2.05 bits per heavy atom. The van der Waals surface area contributed by atoms with E-state index in [1.165, 1.54) is 24.9 Å². The normalized spacial score (nSPS) is 21.6. The van der Waals surface area contributed by atoms with Gasteiger partial charge in [0.1, 0.15) is 0 Å². The highest BCUT2D eigenvalue weighted by Gasteiger charge is 2.18. The van der Waals surface area contributed by atoms with E-state index in [0.717, 1.165) is 24.0 Å². The zero-order chi connectivity index (χ0) is 13.7. The predicted octanol–water partition coefficient (Wildman–Crippen LogP) is 3.63. The lowest BCUT2D eigenvalue weighted by molar-refractivity contribution is 0.320. The first kappa shape index (κ1) is 14.8. The molecule has 2 atom stereocenters. The summed E-state index contributed by atoms with van der Waals surface area (Å²) in [6.45, 7) is 7.97. The first-order chi connectivity index (χ1) is 9.16. The van der Waals surface area contributed by atoms with Gasteiger partial charge in [-0.1, -0.05) is 37.6 Å². The molecular weight excluding hydrogens is 256 g/mol. The molecular formula is C16H25ClN2. The summed E-state index contributed by atoms with van der Waals surface area (Å²) in [5, 5.41) is 8.03. The van der Waals surface area contributed by atoms with E-state index in [9.17, 15) is 0 Å². The molecule has 0 spiro atoms. The Balaban J connectivity index is 1.94. The molecule has 0 saturated carbocycles. The van der Waals surface area contributed by atoms with Gasteiger partial charge < -0.3 is 10.6 Å². The summed E-state index contributed by atoms with van der Waals surface area (Å²) in [4.78, 5) is 0. The lowest BCUT2D eigenvalue weighted by atomic mass is 9.94. The molecule has 2 nitrogen and oxygen atoms in total. The van der Waals surface area contributed by atoms with Crippen LogP contribution in [0.1, 0.15) is 38.3 Å². The number of benzene rings is 1. The first-order valence-corrected chi connectivity index (χ1v) is 7.74. The Hall–Kier alpha value is -0.570. The standard InChI is InChI=1S/C16H25ClN2/c1-12(2)16(14-5-7-15(17)8-6-14)19-11-13-4-3-9-18-10-13/h5-8,12-13,16,18-19H,3-4,9-11H2,1-2H3. The maximum absolute atomic E-state index is 5.97. The monoisotopic (exact) mass is 280 g/mol. The van der Waals surface area contributed by atoms with Gasteiger partial charge in [-0.2, -0.15) is 0 Å². The van der Waals surface area contributed by atoms with E-state index in [4.69, 9.17) is 11.6 Å². The van der Waals surface area contributed by atoms with Crippen LogP contribution in [-0.4, -0.2) is 19.6 Å². The van der Waals surface area contributed by atoms with Crippen molar-refractivity contribution in [1.29, 1.82) is 0 Å². The van der Waals surface area contributed by atoms with Gasteiger partial charge in [-0.05, 0) is 62.0 Å². The van der Waals surface area contributed by atoms with Crippen LogP contribution in [0.3, 0.4) is 0 Å². The Kier molecular flexibility index (Phi) is 5.68. The molecule has 1 saturated heterocycles. The lowest BCUT2D eigenvalue weighted by Crippen LogP contribution is -2.38. The van der Waals surface area contributed by atoms with Crippen molar-refractivity contribution in [1.82, 2.24) is 10.6 Å². The van der Waals surface area contributed by atoms with E-state index in [2.05, 4.69) is 36.6 Å². The van der Waals surface area contributed by atoms with Gasteiger partial charge in [-0.15, -0.1) is 0 Å². The molecule has 2 rings (SSSR count). The van der Waals surface area contributed by atoms with Crippen molar-refractivity contribution < 1.29 is 0 Å². The van der Waals surface area contributed by atoms with E-state index in [1.807, 2.05) is 12.1 Å². The third kappa shape index (κ3) is 4.48. The number of halogens is 1. The van der Waals surface area contributed by atoms with Crippen molar-refractivity contribution in [3.63, 3.8) is 0 Å². The molecule has 1 aliphatic rings. The van der Waals surface area contributed by atoms with Gasteiger partial charge in [0, 0.05) is 11.1 Å². The molecule has 1 aromatic rings. The lowest BCUT2D eigenvalue weighted by Gasteiger charge is -2.28. The number of hydrogen-bond donors (Lipinski definition) is 2. The van der Waals surface area contributed by atoms with Gasteiger partial charge in [0.05, 0.1) is 0 Å². The van der Waals surface area contributed by atoms with Gasteiger partial charge in [-0.3, -0.25) is 0 Å². The van der Waals surface area contributed by atoms with Crippen LogP contribution in [0.25, 0.3) is 0 Å². The van der Waals surface area contributed by atoms with Crippen molar-refractivity contribution >= 4 is 11.6 Å². The van der Waals surface area contributed by atoms with E-state index in [0.29, 0.717) is 12.0 Å². The van der Waals surface area contributed by atoms with E-state index in [1.54, 1.807) is 0 Å². The summed E-state index contributed by atoms with van der Waals surface area (Å²) in [5.41, 5.74) is 1.34. The summed E-state index contributed by atoms with van der Waals surface area (Å²) in [6, 6.07) is 8.66. The molecule has 106 valence electrons. The molecule has 0 radical (unpaired) electrons. The summed E-state index contributed by atoms with van der Waals surface area (Å²) in [7, 11) is 0. The number of rotatable bonds is 5. The van der Waals surface area contributed by atoms with Crippen LogP contribution in [0.4, 0.5) is 0 Å². The SMILES string of the molecule is CC(C)C(NCC1CCCNC1)c1ccc(Cl)cc1. The highest BCUT2D eigenvalue weighted by Crippen LogP contribution is 2.24. The Morgan fingerprint density at radius 1 is 1.32 bits per heavy atom. The smallest absolute Gasteiger partial charge is 0.0406 e. The van der Waals surface area contributed by atoms with Crippen LogP contribution in [0.2, 0.25) is 5.02 Å². The molecule has 1 aliphatic heterocycles. The molecule has 0 aromatic heterocycles. The zero-order valence-corrected chi connectivity index (χ0v) is 12.7. The summed E-state index contributed by atoms with van der Waals surface area (Å²) < 4.78 is 0. The first-order valence-electron chi connectivity index (χ1n) is 7.36. The molecule has 1 aromatic carbocycles. The van der Waals surface area contributed by atoms with E-state index in [-0.39, 0.29) is 0 Å². The minimum atomic E-state index is 0.416. The average molecular weight is 281 g/mol. The van der Waals surface area contributed by atoms with Gasteiger partial charge >= 0.3 is 0 Å². The van der Waals surface area contributed by atoms with Crippen LogP contribution in [-0.2, 0) is 0 Å². The Bertz CT molecular complexity index is 369. The fourth-order valence-electron chi connectivity index (χ4n) is 2.80. The van der Waals surface area contributed by atoms with Crippen LogP contribution >= 0.6 is 11.6 Å². The number of piperidine rings is 1. The molecule has 0 aliphatic carbocycles. The maximum atomic E-state index is 5.97. The van der Waals surface area contributed by atoms with Gasteiger partial charge in [0.25, 0.3) is 0 Å². The number of nitrogens with one attached hydrogen (secondary N) is 2. The predicted molar refractivity (Wildman–Crippen MR) is 82.6 cm³/mol. The molecule has 0 bridgehead atoms. The van der Waals surface area contributed by atoms with E-state index < -0.39 is 0 Å². The second-order valence-electron chi connectivity index (χ2n) is 5.89. The molecule has 1 fully saturated rings. The Morgan fingerprint density at radius 3 is 2.63 bits per heavy atom. The largest absolute Gasteiger partial charge is 0.316 e. The van der Waals surface area contributed by atoms with Crippen LogP contribution in [0, 0.1) is 11.8 Å². The zero-order valence-electron chi connectivity index (χ0n) is 12.0. The summed E-state index contributed by atoms with van der Waals surface area (Å²) >= 11 is 5.97. The van der Waals surface area contributed by atoms with Gasteiger partial charge in [-0.25, -0.2) is 0 Å². The fourth-order valence-corrected chi connectivity index (χ4v) is 2.93. The van der Waals surface area contributed by atoms with Crippen molar-refractivity contribution in [3.8, 4) is 0 Å². The number of hydrogen-bond acceptors (Lipinski definition) is 2. The van der Waals surface area contributed by atoms with E-state index >= 15 is 0 Å². The molecule has 3 heteroatoms. The minimum Gasteiger partial charge on any atom is -0.316 e. The maximum Gasteiger partial charge on any atom is 0.0406 e. The third-order valence-electron chi connectivity index (χ3n) is 3.92. The van der Waals surface area contributed by atoms with Crippen molar-refractivity contribution in [2.75, 3.05) is 19.6 Å². The van der Waals surface area contributed by atoms with Crippen LogP contribution in [0.15, 0.2) is 24.3 Å². The topological polar surface area (TPSA) is 24.1 Å². The third-order valence-corrected chi connectivity index (χ3v) is 4.17. The quantitative estimate of drug-likeness (QED) is 0.861. The highest BCUT2D eigenvalue weighted by molar-refractivity contribution is 6.30. The van der Waals surface area contributed by atoms with Gasteiger partial charge in [0.15, 0.2) is 0 Å². The highest BCUT2D eigenvalue weighted by atomic mass is 35.5. The molecule has 0 amide bonds. The van der Waals surface area contributed by atoms with Crippen molar-refractivity contribution in [2.45, 2.75) is 32.7 Å². The summed E-state index contributed by atoms with van der Waals surface area (Å²) in [5.74, 6) is 1.35. The molecule has 19 heavy (non-hydrogen) atoms. The Labute approximate surface area is 121 Å². The van der Waals surface area contributed by atoms with Crippen molar-refractivity contribution in [3.05, 3.63) is 34.9 Å².